The van der Waals surface area contributed by atoms with Gasteiger partial charge in [0.05, 0.1) is 6.21 Å². The summed E-state index contributed by atoms with van der Waals surface area (Å²) < 4.78 is 1.97. The van der Waals surface area contributed by atoms with Crippen molar-refractivity contribution in [3.8, 4) is 5.69 Å². The van der Waals surface area contributed by atoms with E-state index in [9.17, 15) is 10.0 Å². The predicted octanol–water partition coefficient (Wildman–Crippen LogP) is 3.07. The predicted molar refractivity (Wildman–Crippen MR) is 86.0 cm³/mol. The molecule has 22 heavy (non-hydrogen) atoms. The third-order valence-electron chi connectivity index (χ3n) is 3.83. The summed E-state index contributed by atoms with van der Waals surface area (Å²) in [4.78, 5) is 12.2. The minimum atomic E-state index is 0.0519. The minimum Gasteiger partial charge on any atom is -0.594 e. The second-order valence-electron chi connectivity index (χ2n) is 5.40. The van der Waals surface area contributed by atoms with Gasteiger partial charge in [-0.3, -0.25) is 4.79 Å². The highest BCUT2D eigenvalue weighted by Crippen LogP contribution is 2.18. The Hall–Kier alpha value is -2.69. The maximum Gasteiger partial charge on any atom is 0.229 e. The number of carbonyl (C=O) groups excluding carboxylic acids is 1. The van der Waals surface area contributed by atoms with Gasteiger partial charge in [0.1, 0.15) is 0 Å². The molecule has 0 N–H and O–H groups in total. The number of carbonyl (C=O) groups is 1. The third-order valence-corrected chi connectivity index (χ3v) is 3.83. The summed E-state index contributed by atoms with van der Waals surface area (Å²) >= 11 is 0. The molecule has 1 aromatic heterocycles. The first-order chi connectivity index (χ1) is 10.6. The van der Waals surface area contributed by atoms with Crippen molar-refractivity contribution in [1.82, 2.24) is 4.57 Å². The molecule has 3 rings (SSSR count). The molecule has 2 aromatic rings. The number of hydrogen-bond donors (Lipinski definition) is 0. The molecule has 1 aliphatic heterocycles. The van der Waals surface area contributed by atoms with Crippen LogP contribution in [-0.4, -0.2) is 27.1 Å². The van der Waals surface area contributed by atoms with Crippen molar-refractivity contribution >= 4 is 17.7 Å². The van der Waals surface area contributed by atoms with Crippen LogP contribution in [-0.2, 0) is 0 Å². The van der Waals surface area contributed by atoms with Gasteiger partial charge in [-0.25, -0.2) is 0 Å². The van der Waals surface area contributed by atoms with Gasteiger partial charge in [0, 0.05) is 40.2 Å². The lowest BCUT2D eigenvalue weighted by Gasteiger charge is -2.10. The second-order valence-corrected chi connectivity index (χ2v) is 5.40. The number of Topliss-reactive ketones (excluding diaryl/α,β-unsaturated/α-hetero) is 1. The van der Waals surface area contributed by atoms with Gasteiger partial charge < -0.3 is 9.77 Å². The largest absolute Gasteiger partial charge is 0.594 e. The third kappa shape index (κ3) is 2.57. The molecule has 5 nitrogen and oxygen atoms in total. The van der Waals surface area contributed by atoms with Gasteiger partial charge in [0.15, 0.2) is 5.78 Å². The Bertz CT molecular complexity index is 783. The summed E-state index contributed by atoms with van der Waals surface area (Å²) in [6.45, 7) is 3.52. The molecule has 0 fully saturated rings. The zero-order valence-corrected chi connectivity index (χ0v) is 12.6. The molecule has 0 bridgehead atoms. The lowest BCUT2D eigenvalue weighted by molar-refractivity contribution is -0.464. The van der Waals surface area contributed by atoms with Crippen LogP contribution in [0.2, 0.25) is 0 Å². The average Bonchev–Trinajstić information content (AvgIpc) is 2.90. The Morgan fingerprint density at radius 2 is 2.05 bits per heavy atom. The Morgan fingerprint density at radius 3 is 2.64 bits per heavy atom. The van der Waals surface area contributed by atoms with Gasteiger partial charge in [0.2, 0.25) is 5.71 Å². The minimum absolute atomic E-state index is 0.0519. The zero-order chi connectivity index (χ0) is 15.7. The Balaban J connectivity index is 1.95. The van der Waals surface area contributed by atoms with Crippen molar-refractivity contribution in [3.63, 3.8) is 0 Å². The highest BCUT2D eigenvalue weighted by atomic mass is 16.5. The monoisotopic (exact) mass is 295 g/mol. The van der Waals surface area contributed by atoms with Gasteiger partial charge >= 0.3 is 0 Å². The molecule has 0 aliphatic carbocycles. The van der Waals surface area contributed by atoms with Gasteiger partial charge in [-0.1, -0.05) is 4.85 Å². The Labute approximate surface area is 128 Å². The first-order valence-corrected chi connectivity index (χ1v) is 7.22. The van der Waals surface area contributed by atoms with E-state index in [0.717, 1.165) is 23.4 Å². The van der Waals surface area contributed by atoms with Gasteiger partial charge in [-0.05, 0) is 50.6 Å². The van der Waals surface area contributed by atoms with E-state index in [-0.39, 0.29) is 5.78 Å². The van der Waals surface area contributed by atoms with E-state index < -0.39 is 0 Å². The van der Waals surface area contributed by atoms with Crippen molar-refractivity contribution in [1.29, 1.82) is 0 Å². The maximum atomic E-state index is 11.7. The lowest BCUT2D eigenvalue weighted by atomic mass is 10.0. The summed E-state index contributed by atoms with van der Waals surface area (Å²) in [6, 6.07) is 9.61. The molecule has 0 saturated carbocycles. The molecule has 0 atom stereocenters. The fourth-order valence-electron chi connectivity index (χ4n) is 2.61. The van der Waals surface area contributed by atoms with E-state index in [0.29, 0.717) is 22.5 Å². The van der Waals surface area contributed by atoms with Crippen LogP contribution in [0.1, 0.15) is 41.4 Å². The molecule has 0 saturated heterocycles. The molecular formula is C17H17N3O2. The average molecular weight is 295 g/mol. The van der Waals surface area contributed by atoms with Gasteiger partial charge in [0.25, 0.3) is 0 Å². The molecule has 1 aliphatic rings. The maximum absolute atomic E-state index is 11.7. The Morgan fingerprint density at radius 1 is 1.32 bits per heavy atom. The van der Waals surface area contributed by atoms with Crippen LogP contribution in [0.3, 0.4) is 0 Å². The lowest BCUT2D eigenvalue weighted by Crippen LogP contribution is -2.17. The van der Waals surface area contributed by atoms with E-state index in [1.807, 2.05) is 48.0 Å². The summed E-state index contributed by atoms with van der Waals surface area (Å²) in [5.41, 5.74) is 4.22. The van der Waals surface area contributed by atoms with Crippen molar-refractivity contribution in [2.75, 3.05) is 0 Å². The molecule has 0 unspecified atom stereocenters. The van der Waals surface area contributed by atoms with E-state index in [1.54, 1.807) is 13.1 Å². The zero-order valence-electron chi connectivity index (χ0n) is 12.6. The highest BCUT2D eigenvalue weighted by Gasteiger charge is 2.16. The molecular weight excluding hydrogens is 278 g/mol. The van der Waals surface area contributed by atoms with Crippen LogP contribution in [0.25, 0.3) is 5.69 Å². The van der Waals surface area contributed by atoms with Crippen LogP contribution in [0.15, 0.2) is 41.6 Å². The van der Waals surface area contributed by atoms with Crippen LogP contribution >= 0.6 is 0 Å². The Kier molecular flexibility index (Phi) is 3.63. The fourth-order valence-corrected chi connectivity index (χ4v) is 2.61. The summed E-state index contributed by atoms with van der Waals surface area (Å²) in [5.74, 6) is 0.0519. The number of ketones is 1. The molecule has 1 aromatic carbocycles. The van der Waals surface area contributed by atoms with Crippen molar-refractivity contribution in [2.45, 2.75) is 26.7 Å². The molecule has 0 amide bonds. The van der Waals surface area contributed by atoms with Crippen molar-refractivity contribution in [3.05, 3.63) is 58.6 Å². The fraction of sp³-hybridized carbons (Fsp3) is 0.235. The number of benzene rings is 1. The number of aryl methyl sites for hydroxylation is 1. The molecule has 112 valence electrons. The van der Waals surface area contributed by atoms with E-state index >= 15 is 0 Å². The SMILES string of the molecule is CC(=O)c1cc(C)n(-c2ccc(C3=[N+]([O-])N=CCC3)cc2)c1. The van der Waals surface area contributed by atoms with Crippen LogP contribution in [0.5, 0.6) is 0 Å². The first kappa shape index (κ1) is 14.3. The van der Waals surface area contributed by atoms with Gasteiger partial charge in [-0.2, -0.15) is 0 Å². The molecule has 5 heteroatoms. The number of rotatable bonds is 3. The second kappa shape index (κ2) is 5.60. The topological polar surface area (TPSA) is 60.4 Å². The molecule has 0 radical (unpaired) electrons. The van der Waals surface area contributed by atoms with E-state index in [2.05, 4.69) is 5.10 Å². The van der Waals surface area contributed by atoms with Gasteiger partial charge in [-0.15, -0.1) is 0 Å². The number of hydrogen-bond acceptors (Lipinski definition) is 3. The molecule has 2 heterocycles. The highest BCUT2D eigenvalue weighted by molar-refractivity contribution is 5.98. The number of nitrogens with zero attached hydrogens (tertiary/aromatic N) is 3. The standard InChI is InChI=1S/C17H17N3O2/c1-12-10-15(13(2)21)11-19(12)16-7-5-14(6-8-16)17-4-3-9-18-20(17)22/h5-11H,3-4H2,1-2H3. The van der Waals surface area contributed by atoms with Crippen LogP contribution < -0.4 is 0 Å². The number of aromatic nitrogens is 1. The quantitative estimate of drug-likeness (QED) is 0.496. The smallest absolute Gasteiger partial charge is 0.229 e. The van der Waals surface area contributed by atoms with E-state index in [1.165, 1.54) is 0 Å². The summed E-state index contributed by atoms with van der Waals surface area (Å²) in [5, 5.41) is 15.5. The van der Waals surface area contributed by atoms with Crippen molar-refractivity contribution in [2.24, 2.45) is 5.10 Å². The summed E-state index contributed by atoms with van der Waals surface area (Å²) in [7, 11) is 0. The normalized spacial score (nSPS) is 14.5. The van der Waals surface area contributed by atoms with E-state index in [4.69, 9.17) is 0 Å². The molecule has 0 spiro atoms. The first-order valence-electron chi connectivity index (χ1n) is 7.22. The summed E-state index contributed by atoms with van der Waals surface area (Å²) in [6.07, 6.45) is 4.96. The number of hydrazone groups is 1. The van der Waals surface area contributed by atoms with Crippen LogP contribution in [0.4, 0.5) is 0 Å². The van der Waals surface area contributed by atoms with Crippen molar-refractivity contribution < 1.29 is 9.64 Å². The van der Waals surface area contributed by atoms with Crippen LogP contribution in [0, 0.1) is 12.1 Å².